The molecule has 3 heterocycles. The number of allylic oxidation sites excluding steroid dienone is 2. The number of methoxy groups -OCH3 is 1. The lowest BCUT2D eigenvalue weighted by Crippen LogP contribution is -2.57. The summed E-state index contributed by atoms with van der Waals surface area (Å²) in [5.41, 5.74) is -0.0667. The molecule has 2 saturated heterocycles. The van der Waals surface area contributed by atoms with E-state index in [4.69, 9.17) is 18.6 Å². The van der Waals surface area contributed by atoms with Crippen LogP contribution in [0.15, 0.2) is 98.1 Å². The van der Waals surface area contributed by atoms with Crippen LogP contribution in [0.25, 0.3) is 11.0 Å². The molecule has 0 bridgehead atoms. The quantitative estimate of drug-likeness (QED) is 0.0939. The number of fused-ring (bicyclic) bond motifs is 2. The SMILES string of the molecule is C=C1OC(=O)[C@H](Cc2ccc(OC)cc2)N(C)C(=O)[C@@H]2CCCN2C(=O)[C@H](CC(C)C)NC(=O)[C@H](C(C)C)OC(=O)C[C@H](O)/C(=C(/C)CC)NC(=O)/C1=N\C(=O)/C(=C/C(C)C)N(C)C(=O)CNC(=O)Cc1cc(=O)oc2cc(N(C)C)ccc12. The third kappa shape index (κ3) is 17.3. The number of carbonyl (C=O) groups is 9. The number of likely N-dealkylation sites (N-methyl/N-ethyl adjacent to an activating group) is 2. The summed E-state index contributed by atoms with van der Waals surface area (Å²) < 4.78 is 22.3. The van der Waals surface area contributed by atoms with E-state index in [0.717, 1.165) is 15.5 Å². The van der Waals surface area contributed by atoms with E-state index < -0.39 is 131 Å². The number of aliphatic hydroxyl groups excluding tert-OH is 1. The summed E-state index contributed by atoms with van der Waals surface area (Å²) in [6.45, 7) is 16.9. The average molecular weight is 1170 g/mol. The summed E-state index contributed by atoms with van der Waals surface area (Å²) in [6, 6.07) is 9.16. The van der Waals surface area contributed by atoms with Crippen LogP contribution in [0.2, 0.25) is 0 Å². The van der Waals surface area contributed by atoms with Gasteiger partial charge in [-0.3, -0.25) is 38.4 Å². The molecule has 23 nitrogen and oxygen atoms in total. The Morgan fingerprint density at radius 2 is 1.64 bits per heavy atom. The topological polar surface area (TPSA) is 293 Å². The Labute approximate surface area is 489 Å². The first-order chi connectivity index (χ1) is 39.5. The van der Waals surface area contributed by atoms with Gasteiger partial charge in [0, 0.05) is 70.1 Å². The van der Waals surface area contributed by atoms with Crippen molar-refractivity contribution in [2.75, 3.05) is 53.3 Å². The van der Waals surface area contributed by atoms with Gasteiger partial charge in [-0.05, 0) is 85.8 Å². The highest BCUT2D eigenvalue weighted by Crippen LogP contribution is 2.27. The monoisotopic (exact) mass is 1160 g/mol. The molecule has 2 aliphatic heterocycles. The van der Waals surface area contributed by atoms with E-state index in [1.807, 2.05) is 32.8 Å². The maximum absolute atomic E-state index is 14.8. The standard InChI is InChI=1S/C61H80N8O15/c1-15-36(8)53-47(70)31-52(74)84-55(35(6)7)58(77)63-43(25-33(2)3)59(78)69-24-16-17-44(69)60(79)68(13)46(27-38-18-21-41(81-14)22-19-38)61(80)82-37(9)54(57(76)64-53)65-56(75)45(26-34(4)5)67(12)50(72)32-62-49(71)28-39-29-51(73)83-48-30-40(66(10)11)20-23-42(39)48/h18-23,26,29-30,33-35,43-44,46-47,55,70H,9,15-17,24-25,27-28,31-32H2,1-8,10-14H3,(H,62,71)(H,63,77)(H,64,76)/b45-26-,53-36+,65-54-/t43-,44-,46-,47-,55-/m0/s1. The predicted molar refractivity (Wildman–Crippen MR) is 313 cm³/mol. The van der Waals surface area contributed by atoms with Crippen molar-refractivity contribution in [2.24, 2.45) is 22.7 Å². The van der Waals surface area contributed by atoms with Crippen molar-refractivity contribution in [3.63, 3.8) is 0 Å². The lowest BCUT2D eigenvalue weighted by molar-refractivity contribution is -0.161. The first-order valence-corrected chi connectivity index (χ1v) is 28.0. The predicted octanol–water partition coefficient (Wildman–Crippen LogP) is 4.27. The lowest BCUT2D eigenvalue weighted by atomic mass is 10.00. The van der Waals surface area contributed by atoms with Crippen molar-refractivity contribution in [1.82, 2.24) is 30.7 Å². The van der Waals surface area contributed by atoms with Gasteiger partial charge in [0.1, 0.15) is 41.3 Å². The Kier molecular flexibility index (Phi) is 23.4. The van der Waals surface area contributed by atoms with Gasteiger partial charge in [0.15, 0.2) is 17.6 Å². The second-order valence-corrected chi connectivity index (χ2v) is 22.3. The molecule has 5 atom stereocenters. The fourth-order valence-electron chi connectivity index (χ4n) is 9.56. The number of esters is 2. The van der Waals surface area contributed by atoms with Gasteiger partial charge in [0.05, 0.1) is 26.5 Å². The van der Waals surface area contributed by atoms with E-state index in [9.17, 15) is 53.1 Å². The van der Waals surface area contributed by atoms with Gasteiger partial charge in [-0.1, -0.05) is 78.8 Å². The van der Waals surface area contributed by atoms with Gasteiger partial charge < -0.3 is 59.3 Å². The molecule has 0 saturated carbocycles. The number of nitrogens with one attached hydrogen (secondary N) is 3. The largest absolute Gasteiger partial charge is 0.497 e. The van der Waals surface area contributed by atoms with Gasteiger partial charge in [0.25, 0.3) is 17.7 Å². The molecule has 1 aromatic heterocycles. The van der Waals surface area contributed by atoms with Crippen molar-refractivity contribution in [3.8, 4) is 5.75 Å². The molecule has 3 aromatic rings. The molecule has 5 rings (SSSR count). The maximum atomic E-state index is 14.8. The van der Waals surface area contributed by atoms with E-state index in [1.165, 1.54) is 38.2 Å². The van der Waals surface area contributed by atoms with Crippen LogP contribution in [-0.2, 0) is 65.5 Å². The summed E-state index contributed by atoms with van der Waals surface area (Å²) >= 11 is 0. The number of benzene rings is 2. The summed E-state index contributed by atoms with van der Waals surface area (Å²) in [6.07, 6.45) is -2.32. The number of cyclic esters (lactones) is 2. The number of aliphatic hydroxyl groups is 1. The third-order valence-corrected chi connectivity index (χ3v) is 14.4. The zero-order valence-electron chi connectivity index (χ0n) is 50.3. The molecular formula is C61H80N8O15. The zero-order chi connectivity index (χ0) is 62.4. The van der Waals surface area contributed by atoms with Crippen LogP contribution in [-0.4, -0.2) is 158 Å². The summed E-state index contributed by atoms with van der Waals surface area (Å²) in [5.74, 6) is -9.77. The molecule has 454 valence electrons. The second-order valence-electron chi connectivity index (χ2n) is 22.3. The number of rotatable bonds is 15. The zero-order valence-corrected chi connectivity index (χ0v) is 50.3. The summed E-state index contributed by atoms with van der Waals surface area (Å²) in [4.78, 5) is 151. The fraction of sp³-hybridized carbons (Fsp3) is 0.492. The smallest absolute Gasteiger partial charge is 0.336 e. The van der Waals surface area contributed by atoms with Gasteiger partial charge in [0.2, 0.25) is 23.6 Å². The first-order valence-electron chi connectivity index (χ1n) is 28.0. The van der Waals surface area contributed by atoms with Crippen molar-refractivity contribution < 1.29 is 66.9 Å². The molecule has 84 heavy (non-hydrogen) atoms. The van der Waals surface area contributed by atoms with E-state index in [-0.39, 0.29) is 55.8 Å². The highest BCUT2D eigenvalue weighted by Gasteiger charge is 2.43. The molecule has 0 spiro atoms. The number of aliphatic imine (C=N–C) groups is 1. The van der Waals surface area contributed by atoms with Crippen LogP contribution in [0.3, 0.4) is 0 Å². The van der Waals surface area contributed by atoms with Crippen LogP contribution < -0.4 is 31.2 Å². The van der Waals surface area contributed by atoms with Crippen molar-refractivity contribution >= 4 is 75.7 Å². The number of anilines is 1. The average Bonchev–Trinajstić information content (AvgIpc) is 2.87. The van der Waals surface area contributed by atoms with Crippen LogP contribution in [0.5, 0.6) is 5.75 Å². The number of nitrogens with zero attached hydrogens (tertiary/aromatic N) is 5. The number of ether oxygens (including phenoxy) is 3. The Hall–Kier alpha value is -8.47. The molecular weight excluding hydrogens is 1080 g/mol. The molecule has 0 unspecified atom stereocenters. The fourth-order valence-corrected chi connectivity index (χ4v) is 9.56. The maximum Gasteiger partial charge on any atom is 0.336 e. The van der Waals surface area contributed by atoms with E-state index >= 15 is 0 Å². The van der Waals surface area contributed by atoms with Crippen LogP contribution in [0.1, 0.15) is 98.6 Å². The Morgan fingerprint density at radius 1 is 0.964 bits per heavy atom. The Bertz CT molecular complexity index is 3160. The highest BCUT2D eigenvalue weighted by molar-refractivity contribution is 6.46. The first kappa shape index (κ1) is 66.3. The third-order valence-electron chi connectivity index (χ3n) is 14.4. The van der Waals surface area contributed by atoms with Gasteiger partial charge >= 0.3 is 17.6 Å². The number of carbonyl (C=O) groups excluding carboxylic acids is 9. The molecule has 23 heteroatoms. The van der Waals surface area contributed by atoms with E-state index in [1.54, 1.807) is 84.0 Å². The molecule has 0 radical (unpaired) electrons. The van der Waals surface area contributed by atoms with Gasteiger partial charge in [-0.2, -0.15) is 4.99 Å². The summed E-state index contributed by atoms with van der Waals surface area (Å²) in [5, 5.41) is 20.1. The lowest BCUT2D eigenvalue weighted by Gasteiger charge is -2.34. The Balaban J connectivity index is 1.58. The van der Waals surface area contributed by atoms with Crippen molar-refractivity contribution in [1.29, 1.82) is 0 Å². The minimum Gasteiger partial charge on any atom is -0.497 e. The molecule has 7 amide bonds. The second kappa shape index (κ2) is 29.7. The number of hydrogen-bond donors (Lipinski definition) is 4. The van der Waals surface area contributed by atoms with E-state index in [2.05, 4.69) is 27.5 Å². The summed E-state index contributed by atoms with van der Waals surface area (Å²) in [7, 11) is 7.69. The number of hydrogen-bond acceptors (Lipinski definition) is 16. The highest BCUT2D eigenvalue weighted by atomic mass is 16.6. The van der Waals surface area contributed by atoms with Crippen LogP contribution in [0.4, 0.5) is 5.69 Å². The normalized spacial score (nSPS) is 21.2. The van der Waals surface area contributed by atoms with Crippen LogP contribution in [0, 0.1) is 17.8 Å². The van der Waals surface area contributed by atoms with E-state index in [0.29, 0.717) is 34.3 Å². The molecule has 2 aromatic carbocycles. The van der Waals surface area contributed by atoms with Crippen molar-refractivity contribution in [3.05, 3.63) is 105 Å². The van der Waals surface area contributed by atoms with Gasteiger partial charge in [-0.25, -0.2) is 9.59 Å². The number of amides is 7. The molecule has 2 fully saturated rings. The Morgan fingerprint density at radius 3 is 2.25 bits per heavy atom. The molecule has 0 aliphatic carbocycles. The van der Waals surface area contributed by atoms with Crippen molar-refractivity contribution in [2.45, 2.75) is 131 Å². The molecule has 2 aliphatic rings. The van der Waals surface area contributed by atoms with Crippen LogP contribution >= 0.6 is 0 Å². The van der Waals surface area contributed by atoms with Gasteiger partial charge in [-0.15, -0.1) is 0 Å². The minimum absolute atomic E-state index is 0.128. The minimum atomic E-state index is -1.82. The molecule has 4 N–H and O–H groups in total.